The normalized spacial score (nSPS) is 10.3. The molecule has 98 valence electrons. The van der Waals surface area contributed by atoms with Crippen LogP contribution in [-0.2, 0) is 0 Å². The Morgan fingerprint density at radius 2 is 1.74 bits per heavy atom. The summed E-state index contributed by atoms with van der Waals surface area (Å²) >= 11 is 17.2. The highest BCUT2D eigenvalue weighted by Crippen LogP contribution is 2.35. The minimum atomic E-state index is -0.732. The third-order valence-corrected chi connectivity index (χ3v) is 2.69. The van der Waals surface area contributed by atoms with Gasteiger partial charge in [-0.2, -0.15) is 4.98 Å². The van der Waals surface area contributed by atoms with Crippen molar-refractivity contribution < 1.29 is 9.66 Å². The van der Waals surface area contributed by atoms with Crippen LogP contribution in [0.5, 0.6) is 11.6 Å². The van der Waals surface area contributed by atoms with Crippen LogP contribution in [-0.4, -0.2) is 14.9 Å². The summed E-state index contributed by atoms with van der Waals surface area (Å²) in [4.78, 5) is 17.3. The average Bonchev–Trinajstić information content (AvgIpc) is 2.26. The Hall–Kier alpha value is -1.63. The lowest BCUT2D eigenvalue weighted by molar-refractivity contribution is -0.386. The zero-order valence-corrected chi connectivity index (χ0v) is 11.3. The van der Waals surface area contributed by atoms with Gasteiger partial charge in [-0.3, -0.25) is 10.1 Å². The molecule has 0 radical (unpaired) electrons. The van der Waals surface area contributed by atoms with Crippen molar-refractivity contribution in [2.45, 2.75) is 0 Å². The SMILES string of the molecule is O=[N+]([O-])c1c(Cl)ncnc1Oc1cc(Cl)cc(Cl)c1. The summed E-state index contributed by atoms with van der Waals surface area (Å²) in [5.41, 5.74) is -0.528. The van der Waals surface area contributed by atoms with Crippen LogP contribution >= 0.6 is 34.8 Å². The molecule has 0 saturated carbocycles. The zero-order chi connectivity index (χ0) is 14.0. The van der Waals surface area contributed by atoms with E-state index in [-0.39, 0.29) is 16.8 Å². The molecule has 2 aromatic rings. The molecule has 0 N–H and O–H groups in total. The first-order valence-corrected chi connectivity index (χ1v) is 5.89. The highest BCUT2D eigenvalue weighted by Gasteiger charge is 2.23. The maximum Gasteiger partial charge on any atom is 0.368 e. The Bertz CT molecular complexity index is 631. The van der Waals surface area contributed by atoms with E-state index < -0.39 is 10.6 Å². The van der Waals surface area contributed by atoms with Crippen LogP contribution in [0.15, 0.2) is 24.5 Å². The Morgan fingerprint density at radius 3 is 2.32 bits per heavy atom. The molecule has 6 nitrogen and oxygen atoms in total. The minimum absolute atomic E-state index is 0.204. The molecular formula is C10H4Cl3N3O3. The lowest BCUT2D eigenvalue weighted by Gasteiger charge is -2.06. The molecule has 1 heterocycles. The molecule has 0 fully saturated rings. The second-order valence-electron chi connectivity index (χ2n) is 3.28. The maximum atomic E-state index is 10.9. The monoisotopic (exact) mass is 319 g/mol. The summed E-state index contributed by atoms with van der Waals surface area (Å²) < 4.78 is 5.27. The van der Waals surface area contributed by atoms with Gasteiger partial charge >= 0.3 is 11.6 Å². The molecule has 1 aromatic carbocycles. The van der Waals surface area contributed by atoms with Gasteiger partial charge in [0.25, 0.3) is 0 Å². The number of halogens is 3. The molecule has 19 heavy (non-hydrogen) atoms. The molecule has 9 heteroatoms. The van der Waals surface area contributed by atoms with Crippen LogP contribution < -0.4 is 4.74 Å². The first kappa shape index (κ1) is 13.8. The molecule has 0 aliphatic heterocycles. The number of hydrogen-bond donors (Lipinski definition) is 0. The second kappa shape index (κ2) is 5.56. The van der Waals surface area contributed by atoms with Gasteiger partial charge in [-0.05, 0) is 18.2 Å². The topological polar surface area (TPSA) is 78.2 Å². The van der Waals surface area contributed by atoms with Crippen LogP contribution in [0.3, 0.4) is 0 Å². The summed E-state index contributed by atoms with van der Waals surface area (Å²) in [6.07, 6.45) is 1.05. The summed E-state index contributed by atoms with van der Waals surface area (Å²) in [6, 6.07) is 4.37. The lowest BCUT2D eigenvalue weighted by atomic mass is 10.3. The van der Waals surface area contributed by atoms with Crippen molar-refractivity contribution in [2.75, 3.05) is 0 Å². The number of nitrogens with zero attached hydrogens (tertiary/aromatic N) is 3. The summed E-state index contributed by atoms with van der Waals surface area (Å²) in [5, 5.41) is 11.2. The molecule has 0 amide bonds. The van der Waals surface area contributed by atoms with Crippen molar-refractivity contribution in [1.82, 2.24) is 9.97 Å². The smallest absolute Gasteiger partial charge is 0.368 e. The third kappa shape index (κ3) is 3.23. The summed E-state index contributed by atoms with van der Waals surface area (Å²) in [6.45, 7) is 0. The maximum absolute atomic E-state index is 10.9. The van der Waals surface area contributed by atoms with Gasteiger partial charge in [0.1, 0.15) is 12.1 Å². The van der Waals surface area contributed by atoms with Crippen LogP contribution in [0.4, 0.5) is 5.69 Å². The van der Waals surface area contributed by atoms with Gasteiger partial charge in [-0.15, -0.1) is 0 Å². The standard InChI is InChI=1S/C10H4Cl3N3O3/c11-5-1-6(12)3-7(2-5)19-10-8(16(17)18)9(13)14-4-15-10/h1-4H. The summed E-state index contributed by atoms with van der Waals surface area (Å²) in [5.74, 6) is -0.0845. The second-order valence-corrected chi connectivity index (χ2v) is 4.51. The van der Waals surface area contributed by atoms with Crippen LogP contribution in [0.25, 0.3) is 0 Å². The molecule has 0 aliphatic carbocycles. The Kier molecular flexibility index (Phi) is 4.04. The Balaban J connectivity index is 2.43. The first-order chi connectivity index (χ1) is 8.97. The van der Waals surface area contributed by atoms with Crippen molar-refractivity contribution in [1.29, 1.82) is 0 Å². The van der Waals surface area contributed by atoms with Crippen molar-refractivity contribution in [3.05, 3.63) is 49.8 Å². The molecule has 1 aromatic heterocycles. The predicted molar refractivity (Wildman–Crippen MR) is 70.2 cm³/mol. The van der Waals surface area contributed by atoms with Gasteiger partial charge in [0.15, 0.2) is 0 Å². The Morgan fingerprint density at radius 1 is 1.11 bits per heavy atom. The van der Waals surface area contributed by atoms with Crippen LogP contribution in [0, 0.1) is 10.1 Å². The van der Waals surface area contributed by atoms with Gasteiger partial charge < -0.3 is 4.74 Å². The van der Waals surface area contributed by atoms with E-state index >= 15 is 0 Å². The van der Waals surface area contributed by atoms with Crippen LogP contribution in [0.1, 0.15) is 0 Å². The zero-order valence-electron chi connectivity index (χ0n) is 9.01. The number of nitro groups is 1. The van der Waals surface area contributed by atoms with Crippen molar-refractivity contribution >= 4 is 40.5 Å². The van der Waals surface area contributed by atoms with Gasteiger partial charge in [0.05, 0.1) is 4.92 Å². The van der Waals surface area contributed by atoms with Gasteiger partial charge in [0.2, 0.25) is 5.15 Å². The molecule has 0 aliphatic rings. The van der Waals surface area contributed by atoms with E-state index in [2.05, 4.69) is 9.97 Å². The predicted octanol–water partition coefficient (Wildman–Crippen LogP) is 4.14. The fraction of sp³-hybridized carbons (Fsp3) is 0. The number of aromatic nitrogens is 2. The van der Waals surface area contributed by atoms with E-state index in [1.54, 1.807) is 0 Å². The molecule has 0 saturated heterocycles. The average molecular weight is 321 g/mol. The van der Waals surface area contributed by atoms with E-state index in [4.69, 9.17) is 39.5 Å². The molecule has 0 bridgehead atoms. The fourth-order valence-corrected chi connectivity index (χ4v) is 1.97. The van der Waals surface area contributed by atoms with Crippen LogP contribution in [0.2, 0.25) is 15.2 Å². The van der Waals surface area contributed by atoms with Crippen molar-refractivity contribution in [3.8, 4) is 11.6 Å². The number of rotatable bonds is 3. The van der Waals surface area contributed by atoms with Crippen molar-refractivity contribution in [2.24, 2.45) is 0 Å². The van der Waals surface area contributed by atoms with E-state index in [1.807, 2.05) is 0 Å². The van der Waals surface area contributed by atoms with E-state index in [1.165, 1.54) is 18.2 Å². The van der Waals surface area contributed by atoms with Crippen molar-refractivity contribution in [3.63, 3.8) is 0 Å². The Labute approximate surface area is 122 Å². The third-order valence-electron chi connectivity index (χ3n) is 1.98. The summed E-state index contributed by atoms with van der Waals surface area (Å²) in [7, 11) is 0. The molecule has 0 unspecified atom stereocenters. The highest BCUT2D eigenvalue weighted by atomic mass is 35.5. The molecule has 0 atom stereocenters. The molecule has 2 rings (SSSR count). The van der Waals surface area contributed by atoms with E-state index in [0.29, 0.717) is 10.0 Å². The van der Waals surface area contributed by atoms with Gasteiger partial charge in [0, 0.05) is 10.0 Å². The quantitative estimate of drug-likeness (QED) is 0.482. The molecule has 0 spiro atoms. The number of ether oxygens (including phenoxy) is 1. The van der Waals surface area contributed by atoms with Gasteiger partial charge in [-0.25, -0.2) is 4.98 Å². The number of hydrogen-bond acceptors (Lipinski definition) is 5. The first-order valence-electron chi connectivity index (χ1n) is 4.76. The van der Waals surface area contributed by atoms with Gasteiger partial charge in [-0.1, -0.05) is 34.8 Å². The molecular weight excluding hydrogens is 316 g/mol. The van der Waals surface area contributed by atoms with E-state index in [0.717, 1.165) is 6.33 Å². The fourth-order valence-electron chi connectivity index (χ4n) is 1.27. The minimum Gasteiger partial charge on any atom is -0.433 e. The highest BCUT2D eigenvalue weighted by molar-refractivity contribution is 6.34. The number of benzene rings is 1. The lowest BCUT2D eigenvalue weighted by Crippen LogP contribution is -1.98. The largest absolute Gasteiger partial charge is 0.433 e. The van der Waals surface area contributed by atoms with E-state index in [9.17, 15) is 10.1 Å².